The van der Waals surface area contributed by atoms with Crippen molar-refractivity contribution >= 4 is 9.04 Å². The first-order chi connectivity index (χ1) is 10.8. The number of imidazole rings is 1. The Kier molecular flexibility index (Phi) is 5.40. The van der Waals surface area contributed by atoms with Crippen LogP contribution in [0.4, 0.5) is 0 Å². The number of benzene rings is 1. The summed E-state index contributed by atoms with van der Waals surface area (Å²) in [6.07, 6.45) is 5.47. The van der Waals surface area contributed by atoms with Gasteiger partial charge < -0.3 is 8.99 Å². The van der Waals surface area contributed by atoms with Crippen molar-refractivity contribution in [3.8, 4) is 6.07 Å². The average molecular weight is 326 g/mol. The Morgan fingerprint density at radius 1 is 1.26 bits per heavy atom. The summed E-state index contributed by atoms with van der Waals surface area (Å²) in [5.74, 6) is 0. The summed E-state index contributed by atoms with van der Waals surface area (Å²) in [5, 5.41) is 9.52. The summed E-state index contributed by atoms with van der Waals surface area (Å²) in [5.41, 5.74) is 1.60. The van der Waals surface area contributed by atoms with E-state index in [4.69, 9.17) is 4.43 Å². The molecule has 2 atom stereocenters. The number of nitriles is 1. The van der Waals surface area contributed by atoms with Gasteiger partial charge in [-0.15, -0.1) is 0 Å². The maximum atomic E-state index is 9.52. The number of rotatable bonds is 5. The van der Waals surface area contributed by atoms with Gasteiger partial charge in [0, 0.05) is 12.4 Å². The minimum atomic E-state index is -0.893. The van der Waals surface area contributed by atoms with E-state index in [-0.39, 0.29) is 17.6 Å². The Morgan fingerprint density at radius 3 is 2.48 bits per heavy atom. The zero-order valence-corrected chi connectivity index (χ0v) is 15.4. The van der Waals surface area contributed by atoms with Crippen LogP contribution in [0.5, 0.6) is 0 Å². The number of aromatic nitrogens is 2. The van der Waals surface area contributed by atoms with Gasteiger partial charge in [0.15, 0.2) is 0 Å². The molecule has 0 aliphatic carbocycles. The number of nitrogens with zero attached hydrogens (tertiary/aromatic N) is 3. The van der Waals surface area contributed by atoms with Crippen molar-refractivity contribution in [2.24, 2.45) is 5.41 Å². The minimum absolute atomic E-state index is 0.0462. The van der Waals surface area contributed by atoms with Crippen molar-refractivity contribution < 1.29 is 4.43 Å². The molecule has 1 aromatic carbocycles. The van der Waals surface area contributed by atoms with Crippen LogP contribution < -0.4 is 0 Å². The van der Waals surface area contributed by atoms with E-state index in [9.17, 15) is 5.26 Å². The van der Waals surface area contributed by atoms with Gasteiger partial charge in [-0.05, 0) is 30.1 Å². The molecule has 0 bridgehead atoms. The predicted molar refractivity (Wildman–Crippen MR) is 93.3 cm³/mol. The van der Waals surface area contributed by atoms with Gasteiger partial charge in [0.2, 0.25) is 9.04 Å². The Bertz CT molecular complexity index is 668. The Hall–Kier alpha value is -1.90. The summed E-state index contributed by atoms with van der Waals surface area (Å²) < 4.78 is 8.45. The topological polar surface area (TPSA) is 50.8 Å². The second-order valence-electron chi connectivity index (χ2n) is 6.97. The number of hydrogen-bond donors (Lipinski definition) is 0. The van der Waals surface area contributed by atoms with E-state index in [1.807, 2.05) is 30.5 Å². The molecular weight excluding hydrogens is 302 g/mol. The molecule has 1 heterocycles. The second kappa shape index (κ2) is 7.11. The van der Waals surface area contributed by atoms with Gasteiger partial charge in [-0.2, -0.15) is 5.26 Å². The molecule has 0 amide bonds. The van der Waals surface area contributed by atoms with Crippen molar-refractivity contribution in [2.45, 2.75) is 46.0 Å². The van der Waals surface area contributed by atoms with Gasteiger partial charge in [-0.1, -0.05) is 39.0 Å². The van der Waals surface area contributed by atoms with E-state index < -0.39 is 9.04 Å². The molecule has 0 aliphatic heterocycles. The van der Waals surface area contributed by atoms with Crippen LogP contribution in [-0.2, 0) is 4.43 Å². The lowest BCUT2D eigenvalue weighted by Crippen LogP contribution is -2.41. The van der Waals surface area contributed by atoms with Crippen molar-refractivity contribution in [3.63, 3.8) is 0 Å². The molecule has 0 spiro atoms. The van der Waals surface area contributed by atoms with E-state index in [1.54, 1.807) is 12.5 Å². The molecular formula is C18H24N3OSi. The predicted octanol–water partition coefficient (Wildman–Crippen LogP) is 4.03. The maximum absolute atomic E-state index is 9.52. The normalized spacial score (nSPS) is 14.5. The zero-order chi connectivity index (χ0) is 17.0. The molecule has 5 heteroatoms. The lowest BCUT2D eigenvalue weighted by atomic mass is 9.81. The van der Waals surface area contributed by atoms with Crippen molar-refractivity contribution in [3.05, 3.63) is 54.1 Å². The molecule has 0 saturated carbocycles. The van der Waals surface area contributed by atoms with Crippen molar-refractivity contribution in [1.29, 1.82) is 5.26 Å². The van der Waals surface area contributed by atoms with E-state index in [0.717, 1.165) is 5.56 Å². The monoisotopic (exact) mass is 326 g/mol. The molecule has 0 N–H and O–H groups in total. The van der Waals surface area contributed by atoms with Crippen LogP contribution >= 0.6 is 0 Å². The largest absolute Gasteiger partial charge is 0.411 e. The van der Waals surface area contributed by atoms with E-state index in [0.29, 0.717) is 5.56 Å². The fourth-order valence-corrected chi connectivity index (χ4v) is 3.73. The summed E-state index contributed by atoms with van der Waals surface area (Å²) in [4.78, 5) is 4.20. The SMILES string of the molecule is C[Si](C)OC([C@H](c1ccccc1C#N)n1ccnc1)C(C)(C)C. The molecule has 2 rings (SSSR count). The molecule has 1 aromatic heterocycles. The highest BCUT2D eigenvalue weighted by Crippen LogP contribution is 2.37. The van der Waals surface area contributed by atoms with Crippen LogP contribution in [0, 0.1) is 16.7 Å². The highest BCUT2D eigenvalue weighted by Gasteiger charge is 2.36. The van der Waals surface area contributed by atoms with Crippen LogP contribution in [0.3, 0.4) is 0 Å². The quantitative estimate of drug-likeness (QED) is 0.780. The molecule has 1 radical (unpaired) electrons. The Morgan fingerprint density at radius 2 is 1.96 bits per heavy atom. The Balaban J connectivity index is 2.60. The van der Waals surface area contributed by atoms with Crippen LogP contribution in [0.2, 0.25) is 13.1 Å². The highest BCUT2D eigenvalue weighted by atomic mass is 28.3. The summed E-state index contributed by atoms with van der Waals surface area (Å²) in [6.45, 7) is 10.8. The molecule has 4 nitrogen and oxygen atoms in total. The lowest BCUT2D eigenvalue weighted by Gasteiger charge is -2.39. The third kappa shape index (κ3) is 4.09. The third-order valence-corrected chi connectivity index (χ3v) is 4.47. The average Bonchev–Trinajstić information content (AvgIpc) is 3.00. The first-order valence-corrected chi connectivity index (χ1v) is 10.2. The van der Waals surface area contributed by atoms with Crippen LogP contribution in [0.25, 0.3) is 0 Å². The molecule has 0 fully saturated rings. The lowest BCUT2D eigenvalue weighted by molar-refractivity contribution is 0.0513. The molecule has 0 saturated heterocycles. The summed E-state index contributed by atoms with van der Waals surface area (Å²) >= 11 is 0. The smallest absolute Gasteiger partial charge is 0.205 e. The maximum Gasteiger partial charge on any atom is 0.205 e. The van der Waals surface area contributed by atoms with Gasteiger partial charge >= 0.3 is 0 Å². The van der Waals surface area contributed by atoms with Gasteiger partial charge in [0.05, 0.1) is 30.1 Å². The molecule has 0 aliphatic rings. The molecule has 23 heavy (non-hydrogen) atoms. The van der Waals surface area contributed by atoms with Crippen molar-refractivity contribution in [1.82, 2.24) is 9.55 Å². The highest BCUT2D eigenvalue weighted by molar-refractivity contribution is 6.48. The van der Waals surface area contributed by atoms with Crippen LogP contribution in [-0.4, -0.2) is 24.7 Å². The van der Waals surface area contributed by atoms with Crippen LogP contribution in [0.15, 0.2) is 43.0 Å². The third-order valence-electron chi connectivity index (χ3n) is 3.75. The van der Waals surface area contributed by atoms with Gasteiger partial charge in [-0.25, -0.2) is 4.98 Å². The first kappa shape index (κ1) is 17.5. The Labute approximate surface area is 140 Å². The second-order valence-corrected chi connectivity index (χ2v) is 9.02. The fraction of sp³-hybridized carbons (Fsp3) is 0.444. The summed E-state index contributed by atoms with van der Waals surface area (Å²) in [7, 11) is -0.893. The fourth-order valence-electron chi connectivity index (χ4n) is 2.74. The van der Waals surface area contributed by atoms with Gasteiger partial charge in [-0.3, -0.25) is 0 Å². The molecule has 2 aromatic rings. The molecule has 1 unspecified atom stereocenters. The van der Waals surface area contributed by atoms with E-state index in [2.05, 4.69) is 49.5 Å². The first-order valence-electron chi connectivity index (χ1n) is 7.78. The molecule has 121 valence electrons. The van der Waals surface area contributed by atoms with E-state index >= 15 is 0 Å². The van der Waals surface area contributed by atoms with Crippen molar-refractivity contribution in [2.75, 3.05) is 0 Å². The zero-order valence-electron chi connectivity index (χ0n) is 14.4. The van der Waals surface area contributed by atoms with E-state index in [1.165, 1.54) is 0 Å². The minimum Gasteiger partial charge on any atom is -0.411 e. The number of hydrogen-bond acceptors (Lipinski definition) is 3. The van der Waals surface area contributed by atoms with Gasteiger partial charge in [0.25, 0.3) is 0 Å². The van der Waals surface area contributed by atoms with Gasteiger partial charge in [0.1, 0.15) is 0 Å². The van der Waals surface area contributed by atoms with Crippen LogP contribution in [0.1, 0.15) is 37.9 Å². The standard InChI is InChI=1S/C18H24N3OSi/c1-18(2,3)17(22-23(4)5)16(21-11-10-20-13-21)15-9-7-6-8-14(15)12-19/h6-11,13,16-17H,1-5H3/t16-,17?/m0/s1. The summed E-state index contributed by atoms with van der Waals surface area (Å²) in [6, 6.07) is 10.00.